The van der Waals surface area contributed by atoms with E-state index in [0.717, 1.165) is 27.5 Å². The Labute approximate surface area is 264 Å². The van der Waals surface area contributed by atoms with Gasteiger partial charge >= 0.3 is 0 Å². The van der Waals surface area contributed by atoms with Crippen molar-refractivity contribution in [3.05, 3.63) is 119 Å². The number of rotatable bonds is 12. The number of fused-ring (bicyclic) bond motifs is 1. The maximum absolute atomic E-state index is 14.5. The topological polar surface area (TPSA) is 130 Å². The molecule has 0 aliphatic heterocycles. The van der Waals surface area contributed by atoms with Crippen molar-refractivity contribution in [3.63, 3.8) is 0 Å². The van der Waals surface area contributed by atoms with Crippen LogP contribution in [0.15, 0.2) is 97.1 Å². The second-order valence-corrected chi connectivity index (χ2v) is 11.5. The molecule has 0 aromatic heterocycles. The van der Waals surface area contributed by atoms with Gasteiger partial charge in [0.25, 0.3) is 5.91 Å². The molecule has 234 valence electrons. The summed E-state index contributed by atoms with van der Waals surface area (Å²) in [5.41, 5.74) is 14.4. The third-order valence-corrected chi connectivity index (χ3v) is 8.12. The van der Waals surface area contributed by atoms with E-state index in [1.54, 1.807) is 32.3 Å². The van der Waals surface area contributed by atoms with E-state index in [1.807, 2.05) is 85.8 Å². The van der Waals surface area contributed by atoms with E-state index in [0.29, 0.717) is 5.56 Å². The molecule has 0 unspecified atom stereocenters. The molecule has 0 spiro atoms. The van der Waals surface area contributed by atoms with Gasteiger partial charge in [-0.1, -0.05) is 84.9 Å². The third-order valence-electron chi connectivity index (χ3n) is 8.12. The van der Waals surface area contributed by atoms with Gasteiger partial charge in [0.1, 0.15) is 12.1 Å². The molecule has 0 heterocycles. The lowest BCUT2D eigenvalue weighted by molar-refractivity contribution is -0.146. The summed E-state index contributed by atoms with van der Waals surface area (Å²) in [6.07, 6.45) is 0.425. The summed E-state index contributed by atoms with van der Waals surface area (Å²) in [6.45, 7) is 1.55. The van der Waals surface area contributed by atoms with Crippen LogP contribution in [0.2, 0.25) is 0 Å². The van der Waals surface area contributed by atoms with E-state index in [9.17, 15) is 19.2 Å². The Morgan fingerprint density at radius 2 is 1.29 bits per heavy atom. The number of amides is 4. The molecule has 0 saturated heterocycles. The van der Waals surface area contributed by atoms with Crippen LogP contribution in [0.1, 0.15) is 40.0 Å². The van der Waals surface area contributed by atoms with Gasteiger partial charge in [-0.2, -0.15) is 0 Å². The first kappa shape index (κ1) is 32.9. The van der Waals surface area contributed by atoms with E-state index in [4.69, 9.17) is 11.5 Å². The quantitative estimate of drug-likeness (QED) is 0.254. The van der Waals surface area contributed by atoms with E-state index in [1.165, 1.54) is 21.7 Å². The predicted octanol–water partition coefficient (Wildman–Crippen LogP) is 3.56. The highest BCUT2D eigenvalue weighted by atomic mass is 16.2. The van der Waals surface area contributed by atoms with Crippen LogP contribution < -0.4 is 11.5 Å². The SMILES string of the molecule is C[C@H](N)c1cccc(C(=O)N(C)[C@H](Cc2ccc3ccccc3c2)C(=O)N(C)[C@H](Cc2ccccc2)C(=O)N(C)CC(N)=O)c1. The van der Waals surface area contributed by atoms with Crippen molar-refractivity contribution in [3.8, 4) is 0 Å². The summed E-state index contributed by atoms with van der Waals surface area (Å²) in [7, 11) is 4.65. The molecule has 0 saturated carbocycles. The number of carbonyl (C=O) groups excluding carboxylic acids is 4. The van der Waals surface area contributed by atoms with Crippen molar-refractivity contribution >= 4 is 34.4 Å². The lowest BCUT2D eigenvalue weighted by atomic mass is 9.97. The minimum absolute atomic E-state index is 0.210. The van der Waals surface area contributed by atoms with Crippen molar-refractivity contribution in [1.29, 1.82) is 0 Å². The van der Waals surface area contributed by atoms with E-state index >= 15 is 0 Å². The fourth-order valence-electron chi connectivity index (χ4n) is 5.46. The number of benzene rings is 4. The van der Waals surface area contributed by atoms with Crippen LogP contribution in [0.3, 0.4) is 0 Å². The molecular weight excluding hydrogens is 566 g/mol. The molecule has 0 bridgehead atoms. The molecule has 45 heavy (non-hydrogen) atoms. The van der Waals surface area contributed by atoms with Crippen molar-refractivity contribution in [2.45, 2.75) is 37.9 Å². The average Bonchev–Trinajstić information content (AvgIpc) is 3.04. The number of nitrogens with two attached hydrogens (primary N) is 2. The van der Waals surface area contributed by atoms with E-state index in [2.05, 4.69) is 0 Å². The lowest BCUT2D eigenvalue weighted by Crippen LogP contribution is -2.56. The average molecular weight is 608 g/mol. The molecular formula is C36H41N5O4. The van der Waals surface area contributed by atoms with Gasteiger partial charge in [0.05, 0.1) is 6.54 Å². The van der Waals surface area contributed by atoms with Gasteiger partial charge in [0, 0.05) is 45.6 Å². The standard InChI is InChI=1S/C36H41N5O4/c1-24(37)28-15-10-16-30(22-28)34(43)40(3)32(21-26-17-18-27-13-8-9-14-29(27)19-26)36(45)41(4)31(20-25-11-6-5-7-12-25)35(44)39(2)23-33(38)42/h5-19,22,24,31-32H,20-21,23,37H2,1-4H3,(H2,38,42)/t24-,31+,32+/m0/s1. The first-order valence-corrected chi connectivity index (χ1v) is 14.9. The summed E-state index contributed by atoms with van der Waals surface area (Å²) < 4.78 is 0. The monoisotopic (exact) mass is 607 g/mol. The van der Waals surface area contributed by atoms with Gasteiger partial charge in [-0.25, -0.2) is 0 Å². The maximum atomic E-state index is 14.5. The highest BCUT2D eigenvalue weighted by molar-refractivity contribution is 5.99. The molecule has 4 amide bonds. The Kier molecular flexibility index (Phi) is 10.7. The molecule has 4 rings (SSSR count). The third kappa shape index (κ3) is 8.13. The van der Waals surface area contributed by atoms with Crippen molar-refractivity contribution < 1.29 is 19.2 Å². The molecule has 4 N–H and O–H groups in total. The van der Waals surface area contributed by atoms with Crippen LogP contribution in [-0.2, 0) is 27.2 Å². The second kappa shape index (κ2) is 14.6. The van der Waals surface area contributed by atoms with Crippen molar-refractivity contribution in [2.24, 2.45) is 11.5 Å². The molecule has 0 aliphatic rings. The molecule has 3 atom stereocenters. The van der Waals surface area contributed by atoms with E-state index in [-0.39, 0.29) is 31.3 Å². The predicted molar refractivity (Wildman–Crippen MR) is 176 cm³/mol. The number of hydrogen-bond donors (Lipinski definition) is 2. The van der Waals surface area contributed by atoms with Crippen molar-refractivity contribution in [1.82, 2.24) is 14.7 Å². The van der Waals surface area contributed by atoms with Gasteiger partial charge < -0.3 is 26.2 Å². The van der Waals surface area contributed by atoms with Gasteiger partial charge in [-0.05, 0) is 46.5 Å². The molecule has 9 nitrogen and oxygen atoms in total. The molecule has 0 aliphatic carbocycles. The number of primary amides is 1. The highest BCUT2D eigenvalue weighted by Gasteiger charge is 2.36. The van der Waals surface area contributed by atoms with Crippen LogP contribution in [0.25, 0.3) is 10.8 Å². The van der Waals surface area contributed by atoms with Crippen LogP contribution in [0.5, 0.6) is 0 Å². The fraction of sp³-hybridized carbons (Fsp3) is 0.278. The molecule has 4 aromatic rings. The molecule has 0 radical (unpaired) electrons. The van der Waals surface area contributed by atoms with Gasteiger partial charge in [0.2, 0.25) is 17.7 Å². The Hall–Kier alpha value is -5.02. The largest absolute Gasteiger partial charge is 0.368 e. The number of carbonyl (C=O) groups is 4. The van der Waals surface area contributed by atoms with Gasteiger partial charge in [-0.15, -0.1) is 0 Å². The van der Waals surface area contributed by atoms with Gasteiger partial charge in [-0.3, -0.25) is 19.2 Å². The zero-order valence-corrected chi connectivity index (χ0v) is 26.2. The first-order valence-electron chi connectivity index (χ1n) is 14.9. The zero-order chi connectivity index (χ0) is 32.7. The maximum Gasteiger partial charge on any atom is 0.254 e. The summed E-state index contributed by atoms with van der Waals surface area (Å²) in [5.74, 6) is -1.85. The van der Waals surface area contributed by atoms with Crippen LogP contribution in [0, 0.1) is 0 Å². The molecule has 9 heteroatoms. The highest BCUT2D eigenvalue weighted by Crippen LogP contribution is 2.22. The first-order chi connectivity index (χ1) is 21.5. The normalized spacial score (nSPS) is 13.0. The second-order valence-electron chi connectivity index (χ2n) is 11.5. The summed E-state index contributed by atoms with van der Waals surface area (Å²) in [5, 5.41) is 2.07. The minimum atomic E-state index is -0.951. The summed E-state index contributed by atoms with van der Waals surface area (Å²) in [4.78, 5) is 57.8. The Morgan fingerprint density at radius 1 is 0.667 bits per heavy atom. The number of nitrogens with zero attached hydrogens (tertiary/aromatic N) is 3. The Bertz CT molecular complexity index is 1670. The van der Waals surface area contributed by atoms with Crippen LogP contribution >= 0.6 is 0 Å². The summed E-state index contributed by atoms with van der Waals surface area (Å²) >= 11 is 0. The minimum Gasteiger partial charge on any atom is -0.368 e. The van der Waals surface area contributed by atoms with Crippen molar-refractivity contribution in [2.75, 3.05) is 27.7 Å². The lowest BCUT2D eigenvalue weighted by Gasteiger charge is -2.36. The zero-order valence-electron chi connectivity index (χ0n) is 26.2. The van der Waals surface area contributed by atoms with Gasteiger partial charge in [0.15, 0.2) is 0 Å². The summed E-state index contributed by atoms with van der Waals surface area (Å²) in [6, 6.07) is 28.1. The smallest absolute Gasteiger partial charge is 0.254 e. The fourth-order valence-corrected chi connectivity index (χ4v) is 5.46. The van der Waals surface area contributed by atoms with E-state index < -0.39 is 29.8 Å². The molecule has 0 fully saturated rings. The molecule has 4 aromatic carbocycles. The Morgan fingerprint density at radius 3 is 1.96 bits per heavy atom. The van der Waals surface area contributed by atoms with Crippen LogP contribution in [0.4, 0.5) is 0 Å². The number of likely N-dealkylation sites (N-methyl/N-ethyl adjacent to an activating group) is 3. The van der Waals surface area contributed by atoms with Crippen LogP contribution in [-0.4, -0.2) is 78.1 Å². The number of hydrogen-bond acceptors (Lipinski definition) is 5. The Balaban J connectivity index is 1.73.